The Bertz CT molecular complexity index is 263. The molecule has 0 aliphatic heterocycles. The first-order valence-corrected chi connectivity index (χ1v) is 6.94. The normalized spacial score (nSPS) is 19.7. The number of nitrogens with zero attached hydrogens (tertiary/aromatic N) is 1. The summed E-state index contributed by atoms with van der Waals surface area (Å²) in [5.74, 6) is 0. The molecular formula is C13H25F3N2O. The van der Waals surface area contributed by atoms with E-state index in [-0.39, 0.29) is 12.1 Å². The zero-order valence-corrected chi connectivity index (χ0v) is 11.8. The van der Waals surface area contributed by atoms with Gasteiger partial charge in [0.2, 0.25) is 0 Å². The molecule has 1 aliphatic carbocycles. The van der Waals surface area contributed by atoms with Crippen LogP contribution in [-0.2, 0) is 0 Å². The van der Waals surface area contributed by atoms with Crippen LogP contribution < -0.4 is 5.32 Å². The molecule has 1 atom stereocenters. The van der Waals surface area contributed by atoms with Crippen LogP contribution in [0.1, 0.15) is 39.0 Å². The van der Waals surface area contributed by atoms with Crippen molar-refractivity contribution in [3.05, 3.63) is 0 Å². The van der Waals surface area contributed by atoms with Crippen LogP contribution in [0.4, 0.5) is 13.2 Å². The average molecular weight is 282 g/mol. The Hall–Kier alpha value is -0.330. The second-order valence-corrected chi connectivity index (χ2v) is 5.67. The number of aliphatic hydroxyl groups is 1. The van der Waals surface area contributed by atoms with Crippen LogP contribution in [-0.4, -0.2) is 54.5 Å². The van der Waals surface area contributed by atoms with Crippen LogP contribution in [0, 0.1) is 0 Å². The van der Waals surface area contributed by atoms with E-state index >= 15 is 0 Å². The third-order valence-electron chi connectivity index (χ3n) is 3.71. The van der Waals surface area contributed by atoms with Gasteiger partial charge in [0.1, 0.15) is 0 Å². The fraction of sp³-hybridized carbons (Fsp3) is 1.00. The first kappa shape index (κ1) is 16.7. The lowest BCUT2D eigenvalue weighted by molar-refractivity contribution is -0.143. The van der Waals surface area contributed by atoms with Crippen LogP contribution in [0.2, 0.25) is 0 Å². The van der Waals surface area contributed by atoms with Crippen molar-refractivity contribution in [3.63, 3.8) is 0 Å². The summed E-state index contributed by atoms with van der Waals surface area (Å²) in [6.07, 6.45) is 0.285. The molecular weight excluding hydrogens is 257 g/mol. The number of hydrogen-bond donors (Lipinski definition) is 2. The third-order valence-corrected chi connectivity index (χ3v) is 3.71. The summed E-state index contributed by atoms with van der Waals surface area (Å²) >= 11 is 0. The molecule has 19 heavy (non-hydrogen) atoms. The van der Waals surface area contributed by atoms with Gasteiger partial charge in [-0.1, -0.05) is 6.92 Å². The van der Waals surface area contributed by atoms with E-state index in [4.69, 9.17) is 0 Å². The molecule has 0 spiro atoms. The molecule has 3 nitrogen and oxygen atoms in total. The van der Waals surface area contributed by atoms with Gasteiger partial charge in [0.25, 0.3) is 0 Å². The zero-order chi connectivity index (χ0) is 14.5. The Kier molecular flexibility index (Phi) is 6.08. The predicted octanol–water partition coefficient (Wildman–Crippen LogP) is 2.15. The molecule has 0 aromatic heterocycles. The Labute approximate surface area is 113 Å². The van der Waals surface area contributed by atoms with Crippen molar-refractivity contribution in [2.45, 2.75) is 56.8 Å². The van der Waals surface area contributed by atoms with E-state index in [9.17, 15) is 18.3 Å². The number of halogens is 3. The average Bonchev–Trinajstić information content (AvgIpc) is 3.09. The summed E-state index contributed by atoms with van der Waals surface area (Å²) in [5, 5.41) is 13.0. The van der Waals surface area contributed by atoms with Crippen LogP contribution in [0.3, 0.4) is 0 Å². The highest BCUT2D eigenvalue weighted by atomic mass is 19.4. The number of rotatable bonds is 9. The maximum absolute atomic E-state index is 12.2. The van der Waals surface area contributed by atoms with Gasteiger partial charge in [-0.15, -0.1) is 0 Å². The lowest BCUT2D eigenvalue weighted by Gasteiger charge is -2.33. The summed E-state index contributed by atoms with van der Waals surface area (Å²) in [6, 6.07) is 0.486. The van der Waals surface area contributed by atoms with E-state index in [1.807, 2.05) is 6.92 Å². The molecule has 114 valence electrons. The second-order valence-electron chi connectivity index (χ2n) is 5.67. The van der Waals surface area contributed by atoms with Gasteiger partial charge in [-0.05, 0) is 45.7 Å². The monoisotopic (exact) mass is 282 g/mol. The molecule has 0 aromatic rings. The summed E-state index contributed by atoms with van der Waals surface area (Å²) in [4.78, 5) is 1.29. The van der Waals surface area contributed by atoms with Gasteiger partial charge in [-0.2, -0.15) is 13.2 Å². The summed E-state index contributed by atoms with van der Waals surface area (Å²) in [5.41, 5.74) is -0.319. The van der Waals surface area contributed by atoms with E-state index in [0.29, 0.717) is 25.4 Å². The highest BCUT2D eigenvalue weighted by molar-refractivity contribution is 4.94. The highest BCUT2D eigenvalue weighted by Crippen LogP contribution is 2.27. The van der Waals surface area contributed by atoms with Crippen LogP contribution >= 0.6 is 0 Å². The highest BCUT2D eigenvalue weighted by Gasteiger charge is 2.34. The first-order chi connectivity index (χ1) is 8.80. The van der Waals surface area contributed by atoms with Gasteiger partial charge in [0.05, 0.1) is 13.2 Å². The standard InChI is InChI=1S/C13H25F3N2O/c1-3-12(10-19,17-11-5-6-11)7-4-8-18(2)9-13(14,15)16/h11,17,19H,3-10H2,1-2H3. The van der Waals surface area contributed by atoms with Gasteiger partial charge in [-0.3, -0.25) is 4.90 Å². The largest absolute Gasteiger partial charge is 0.401 e. The second kappa shape index (κ2) is 6.90. The molecule has 0 bridgehead atoms. The maximum Gasteiger partial charge on any atom is 0.401 e. The molecule has 6 heteroatoms. The van der Waals surface area contributed by atoms with Gasteiger partial charge in [0, 0.05) is 11.6 Å². The molecule has 1 unspecified atom stereocenters. The SMILES string of the molecule is CCC(CO)(CCCN(C)CC(F)(F)F)NC1CC1. The first-order valence-electron chi connectivity index (χ1n) is 6.94. The van der Waals surface area contributed by atoms with Crippen molar-refractivity contribution >= 4 is 0 Å². The Balaban J connectivity index is 2.31. The molecule has 0 aromatic carbocycles. The third kappa shape index (κ3) is 6.58. The van der Waals surface area contributed by atoms with Crippen molar-refractivity contribution in [3.8, 4) is 0 Å². The summed E-state index contributed by atoms with van der Waals surface area (Å²) < 4.78 is 36.6. The lowest BCUT2D eigenvalue weighted by atomic mass is 9.91. The van der Waals surface area contributed by atoms with Gasteiger partial charge in [0.15, 0.2) is 0 Å². The summed E-state index contributed by atoms with van der Waals surface area (Å²) in [7, 11) is 1.48. The van der Waals surface area contributed by atoms with Crippen LogP contribution in [0.15, 0.2) is 0 Å². The topological polar surface area (TPSA) is 35.5 Å². The van der Waals surface area contributed by atoms with Crippen LogP contribution in [0.5, 0.6) is 0 Å². The quantitative estimate of drug-likeness (QED) is 0.680. The molecule has 0 amide bonds. The van der Waals surface area contributed by atoms with E-state index in [2.05, 4.69) is 5.32 Å². The minimum atomic E-state index is -4.14. The Morgan fingerprint density at radius 3 is 2.37 bits per heavy atom. The lowest BCUT2D eigenvalue weighted by Crippen LogP contribution is -2.49. The molecule has 2 N–H and O–H groups in total. The minimum Gasteiger partial charge on any atom is -0.394 e. The molecule has 0 saturated heterocycles. The molecule has 0 heterocycles. The van der Waals surface area contributed by atoms with E-state index in [1.54, 1.807) is 0 Å². The van der Waals surface area contributed by atoms with Crippen LogP contribution in [0.25, 0.3) is 0 Å². The van der Waals surface area contributed by atoms with E-state index in [0.717, 1.165) is 19.3 Å². The fourth-order valence-electron chi connectivity index (χ4n) is 2.32. The smallest absolute Gasteiger partial charge is 0.394 e. The number of nitrogens with one attached hydrogen (secondary N) is 1. The van der Waals surface area contributed by atoms with Gasteiger partial charge < -0.3 is 10.4 Å². The van der Waals surface area contributed by atoms with Crippen molar-refractivity contribution in [1.82, 2.24) is 10.2 Å². The number of hydrogen-bond acceptors (Lipinski definition) is 3. The Morgan fingerprint density at radius 1 is 1.32 bits per heavy atom. The maximum atomic E-state index is 12.2. The molecule has 1 aliphatic rings. The predicted molar refractivity (Wildman–Crippen MR) is 69.1 cm³/mol. The van der Waals surface area contributed by atoms with Crippen molar-refractivity contribution in [1.29, 1.82) is 0 Å². The number of alkyl halides is 3. The minimum absolute atomic E-state index is 0.0446. The number of aliphatic hydroxyl groups excluding tert-OH is 1. The molecule has 1 saturated carbocycles. The molecule has 1 fully saturated rings. The fourth-order valence-corrected chi connectivity index (χ4v) is 2.32. The molecule has 0 radical (unpaired) electrons. The van der Waals surface area contributed by atoms with Gasteiger partial charge in [-0.25, -0.2) is 0 Å². The van der Waals surface area contributed by atoms with Crippen molar-refractivity contribution in [2.24, 2.45) is 0 Å². The van der Waals surface area contributed by atoms with Gasteiger partial charge >= 0.3 is 6.18 Å². The van der Waals surface area contributed by atoms with Crippen molar-refractivity contribution in [2.75, 3.05) is 26.7 Å². The zero-order valence-electron chi connectivity index (χ0n) is 11.8. The molecule has 1 rings (SSSR count). The van der Waals surface area contributed by atoms with Crippen molar-refractivity contribution < 1.29 is 18.3 Å². The Morgan fingerprint density at radius 2 is 1.95 bits per heavy atom. The van der Waals surface area contributed by atoms with E-state index in [1.165, 1.54) is 11.9 Å². The summed E-state index contributed by atoms with van der Waals surface area (Å²) in [6.45, 7) is 1.57. The van der Waals surface area contributed by atoms with E-state index < -0.39 is 12.7 Å².